The summed E-state index contributed by atoms with van der Waals surface area (Å²) in [6.45, 7) is 2.61. The second kappa shape index (κ2) is 5.75. The predicted octanol–water partition coefficient (Wildman–Crippen LogP) is 3.82. The first-order valence-corrected chi connectivity index (χ1v) is 7.54. The van der Waals surface area contributed by atoms with Crippen LogP contribution in [0.3, 0.4) is 0 Å². The molecule has 104 valence electrons. The highest BCUT2D eigenvalue weighted by molar-refractivity contribution is 9.10. The largest absolute Gasteiger partial charge is 0.491 e. The van der Waals surface area contributed by atoms with Crippen molar-refractivity contribution < 1.29 is 4.74 Å². The summed E-state index contributed by atoms with van der Waals surface area (Å²) in [5.74, 6) is 0.968. The maximum atomic E-state index is 5.96. The van der Waals surface area contributed by atoms with Gasteiger partial charge in [0.2, 0.25) is 0 Å². The van der Waals surface area contributed by atoms with Crippen LogP contribution in [0.5, 0.6) is 5.75 Å². The highest BCUT2D eigenvalue weighted by Gasteiger charge is 2.16. The molecule has 0 amide bonds. The summed E-state index contributed by atoms with van der Waals surface area (Å²) in [7, 11) is 0. The molecular formula is C16H17BrN2O. The molecule has 0 radical (unpaired) electrons. The molecular weight excluding hydrogens is 316 g/mol. The molecule has 4 heteroatoms. The van der Waals surface area contributed by atoms with E-state index in [1.165, 1.54) is 5.56 Å². The molecule has 1 aliphatic rings. The van der Waals surface area contributed by atoms with Crippen molar-refractivity contribution in [1.29, 1.82) is 0 Å². The Kier molecular flexibility index (Phi) is 3.83. The van der Waals surface area contributed by atoms with Crippen LogP contribution in [-0.2, 0) is 6.54 Å². The number of nitrogens with two attached hydrogens (primary N) is 1. The Morgan fingerprint density at radius 1 is 1.20 bits per heavy atom. The van der Waals surface area contributed by atoms with Crippen LogP contribution in [-0.4, -0.2) is 13.2 Å². The van der Waals surface area contributed by atoms with E-state index in [9.17, 15) is 0 Å². The van der Waals surface area contributed by atoms with Crippen molar-refractivity contribution in [1.82, 2.24) is 0 Å². The van der Waals surface area contributed by atoms with Crippen molar-refractivity contribution in [3.63, 3.8) is 0 Å². The number of ether oxygens (including phenoxy) is 1. The van der Waals surface area contributed by atoms with Crippen LogP contribution < -0.4 is 15.4 Å². The van der Waals surface area contributed by atoms with E-state index in [2.05, 4.69) is 39.0 Å². The normalized spacial score (nSPS) is 14.3. The monoisotopic (exact) mass is 332 g/mol. The van der Waals surface area contributed by atoms with Gasteiger partial charge < -0.3 is 15.4 Å². The molecule has 3 nitrogen and oxygen atoms in total. The average molecular weight is 333 g/mol. The van der Waals surface area contributed by atoms with Crippen LogP contribution in [0.4, 0.5) is 11.4 Å². The number of nitrogens with zero attached hydrogens (tertiary/aromatic N) is 1. The molecule has 1 heterocycles. The summed E-state index contributed by atoms with van der Waals surface area (Å²) in [5.41, 5.74) is 9.11. The number of halogens is 1. The third-order valence-electron chi connectivity index (χ3n) is 3.47. The molecule has 0 fully saturated rings. The number of anilines is 2. The van der Waals surface area contributed by atoms with E-state index in [4.69, 9.17) is 10.5 Å². The number of fused-ring (bicyclic) bond motifs is 1. The van der Waals surface area contributed by atoms with Gasteiger partial charge in [0, 0.05) is 23.2 Å². The number of benzene rings is 2. The summed E-state index contributed by atoms with van der Waals surface area (Å²) >= 11 is 3.43. The van der Waals surface area contributed by atoms with Crippen molar-refractivity contribution in [3.8, 4) is 5.75 Å². The van der Waals surface area contributed by atoms with Crippen LogP contribution in [0.25, 0.3) is 0 Å². The SMILES string of the molecule is Nc1cc(CN2CCCOc3ccccc32)ccc1Br. The van der Waals surface area contributed by atoms with Crippen LogP contribution in [0, 0.1) is 0 Å². The molecule has 0 atom stereocenters. The van der Waals surface area contributed by atoms with Crippen molar-refractivity contribution in [2.75, 3.05) is 23.8 Å². The third-order valence-corrected chi connectivity index (χ3v) is 4.19. The Bertz CT molecular complexity index is 615. The summed E-state index contributed by atoms with van der Waals surface area (Å²) in [5, 5.41) is 0. The van der Waals surface area contributed by atoms with Gasteiger partial charge in [-0.1, -0.05) is 18.2 Å². The van der Waals surface area contributed by atoms with E-state index >= 15 is 0 Å². The summed E-state index contributed by atoms with van der Waals surface area (Å²) in [6.07, 6.45) is 1.03. The molecule has 2 aromatic rings. The number of hydrogen-bond acceptors (Lipinski definition) is 3. The maximum absolute atomic E-state index is 5.96. The summed E-state index contributed by atoms with van der Waals surface area (Å²) in [6, 6.07) is 14.3. The maximum Gasteiger partial charge on any atom is 0.142 e. The lowest BCUT2D eigenvalue weighted by Gasteiger charge is -2.24. The first-order valence-electron chi connectivity index (χ1n) is 6.75. The minimum atomic E-state index is 0.774. The van der Waals surface area contributed by atoms with E-state index < -0.39 is 0 Å². The fourth-order valence-electron chi connectivity index (χ4n) is 2.47. The smallest absolute Gasteiger partial charge is 0.142 e. The summed E-state index contributed by atoms with van der Waals surface area (Å²) < 4.78 is 6.73. The van der Waals surface area contributed by atoms with E-state index in [0.717, 1.165) is 47.7 Å². The molecule has 3 rings (SSSR count). The van der Waals surface area contributed by atoms with Gasteiger partial charge in [0.1, 0.15) is 5.75 Å². The third kappa shape index (κ3) is 2.75. The zero-order chi connectivity index (χ0) is 13.9. The van der Waals surface area contributed by atoms with Gasteiger partial charge in [-0.15, -0.1) is 0 Å². The van der Waals surface area contributed by atoms with Crippen molar-refractivity contribution in [2.24, 2.45) is 0 Å². The zero-order valence-corrected chi connectivity index (χ0v) is 12.8. The van der Waals surface area contributed by atoms with Gasteiger partial charge in [-0.25, -0.2) is 0 Å². The molecule has 0 aromatic heterocycles. The lowest BCUT2D eigenvalue weighted by atomic mass is 10.1. The highest BCUT2D eigenvalue weighted by atomic mass is 79.9. The molecule has 20 heavy (non-hydrogen) atoms. The average Bonchev–Trinajstić information content (AvgIpc) is 2.66. The second-order valence-electron chi connectivity index (χ2n) is 4.95. The standard InChI is InChI=1S/C16H17BrN2O/c17-13-7-6-12(10-14(13)18)11-19-8-3-9-20-16-5-2-1-4-15(16)19/h1-2,4-7,10H,3,8-9,11,18H2. The van der Waals surface area contributed by atoms with Crippen LogP contribution in [0.15, 0.2) is 46.9 Å². The second-order valence-corrected chi connectivity index (χ2v) is 5.80. The van der Waals surface area contributed by atoms with Gasteiger partial charge in [0.05, 0.1) is 12.3 Å². The first-order chi connectivity index (χ1) is 9.74. The van der Waals surface area contributed by atoms with E-state index in [-0.39, 0.29) is 0 Å². The lowest BCUT2D eigenvalue weighted by Crippen LogP contribution is -2.23. The Morgan fingerprint density at radius 2 is 2.05 bits per heavy atom. The Balaban J connectivity index is 1.88. The van der Waals surface area contributed by atoms with Gasteiger partial charge in [-0.2, -0.15) is 0 Å². The van der Waals surface area contributed by atoms with Gasteiger partial charge in [0.15, 0.2) is 0 Å². The fraction of sp³-hybridized carbons (Fsp3) is 0.250. The van der Waals surface area contributed by atoms with Crippen LogP contribution in [0.2, 0.25) is 0 Å². The number of para-hydroxylation sites is 2. The number of rotatable bonds is 2. The van der Waals surface area contributed by atoms with Crippen molar-refractivity contribution in [3.05, 3.63) is 52.5 Å². The van der Waals surface area contributed by atoms with Crippen molar-refractivity contribution >= 4 is 27.3 Å². The Labute approximate surface area is 127 Å². The first kappa shape index (κ1) is 13.3. The fourth-order valence-corrected chi connectivity index (χ4v) is 2.72. The zero-order valence-electron chi connectivity index (χ0n) is 11.2. The molecule has 0 aliphatic carbocycles. The van der Waals surface area contributed by atoms with Gasteiger partial charge in [-0.3, -0.25) is 0 Å². The topological polar surface area (TPSA) is 38.5 Å². The molecule has 0 bridgehead atoms. The predicted molar refractivity (Wildman–Crippen MR) is 86.2 cm³/mol. The summed E-state index contributed by atoms with van der Waals surface area (Å²) in [4.78, 5) is 2.35. The molecule has 2 aromatic carbocycles. The lowest BCUT2D eigenvalue weighted by molar-refractivity contribution is 0.322. The van der Waals surface area contributed by atoms with Crippen molar-refractivity contribution in [2.45, 2.75) is 13.0 Å². The molecule has 0 spiro atoms. The number of nitrogen functional groups attached to an aromatic ring is 1. The molecule has 2 N–H and O–H groups in total. The minimum absolute atomic E-state index is 0.774. The van der Waals surface area contributed by atoms with E-state index in [1.807, 2.05) is 24.3 Å². The molecule has 1 aliphatic heterocycles. The van der Waals surface area contributed by atoms with Gasteiger partial charge in [0.25, 0.3) is 0 Å². The highest BCUT2D eigenvalue weighted by Crippen LogP contribution is 2.32. The molecule has 0 unspecified atom stereocenters. The minimum Gasteiger partial charge on any atom is -0.491 e. The van der Waals surface area contributed by atoms with Crippen LogP contribution in [0.1, 0.15) is 12.0 Å². The van der Waals surface area contributed by atoms with Gasteiger partial charge in [-0.05, 0) is 52.2 Å². The Morgan fingerprint density at radius 3 is 2.90 bits per heavy atom. The quantitative estimate of drug-likeness (QED) is 0.849. The number of hydrogen-bond donors (Lipinski definition) is 1. The van der Waals surface area contributed by atoms with Crippen LogP contribution >= 0.6 is 15.9 Å². The van der Waals surface area contributed by atoms with E-state index in [0.29, 0.717) is 0 Å². The van der Waals surface area contributed by atoms with Gasteiger partial charge >= 0.3 is 0 Å². The molecule has 0 saturated heterocycles. The van der Waals surface area contributed by atoms with E-state index in [1.54, 1.807) is 0 Å². The molecule has 0 saturated carbocycles. The Hall–Kier alpha value is -1.68.